The molecule has 0 saturated heterocycles. The van der Waals surface area contributed by atoms with Crippen molar-refractivity contribution < 1.29 is 23.9 Å². The number of hydrogen-bond donors (Lipinski definition) is 4. The zero-order chi connectivity index (χ0) is 27.6. The number of carboxylic acids is 1. The molecule has 0 radical (unpaired) electrons. The molecule has 1 aliphatic carbocycles. The van der Waals surface area contributed by atoms with Gasteiger partial charge in [-0.25, -0.2) is 9.18 Å². The number of nitrogens with one attached hydrogen (secondary N) is 3. The first kappa shape index (κ1) is 27.9. The number of carboxylic acid groups (broad SMARTS) is 1. The zero-order valence-corrected chi connectivity index (χ0v) is 22.7. The minimum Gasteiger partial charge on any atom is -0.479 e. The Morgan fingerprint density at radius 1 is 1.18 bits per heavy atom. The minimum absolute atomic E-state index is 0.0474. The third kappa shape index (κ3) is 5.81. The fraction of sp³-hybridized carbons (Fsp3) is 0.393. The van der Waals surface area contributed by atoms with E-state index in [1.807, 2.05) is 13.8 Å². The van der Waals surface area contributed by atoms with Gasteiger partial charge in [-0.3, -0.25) is 9.59 Å². The maximum absolute atomic E-state index is 13.5. The fourth-order valence-electron chi connectivity index (χ4n) is 4.98. The number of fused-ring (bicyclic) bond motifs is 3. The summed E-state index contributed by atoms with van der Waals surface area (Å²) in [6.45, 7) is 3.73. The summed E-state index contributed by atoms with van der Waals surface area (Å²) < 4.78 is 13.2. The molecule has 1 unspecified atom stereocenters. The third-order valence-corrected chi connectivity index (χ3v) is 7.95. The number of carbonyl (C=O) groups excluding carboxylic acids is 2. The number of benzene rings is 2. The largest absolute Gasteiger partial charge is 0.479 e. The van der Waals surface area contributed by atoms with E-state index >= 15 is 0 Å². The highest BCUT2D eigenvalue weighted by Gasteiger charge is 2.45. The number of halogens is 3. The van der Waals surface area contributed by atoms with Crippen LogP contribution in [0.3, 0.4) is 0 Å². The highest BCUT2D eigenvalue weighted by molar-refractivity contribution is 6.38. The summed E-state index contributed by atoms with van der Waals surface area (Å²) >= 11 is 12.6. The maximum Gasteiger partial charge on any atom is 0.329 e. The van der Waals surface area contributed by atoms with E-state index in [1.54, 1.807) is 24.3 Å². The van der Waals surface area contributed by atoms with Gasteiger partial charge in [-0.15, -0.1) is 0 Å². The topological polar surface area (TPSA) is 111 Å². The average Bonchev–Trinajstić information content (AvgIpc) is 3.24. The van der Waals surface area contributed by atoms with E-state index in [0.717, 1.165) is 22.2 Å². The van der Waals surface area contributed by atoms with Crippen LogP contribution in [0.15, 0.2) is 36.4 Å². The van der Waals surface area contributed by atoms with Crippen LogP contribution in [-0.2, 0) is 33.6 Å². The van der Waals surface area contributed by atoms with Crippen LogP contribution in [0.2, 0.25) is 10.0 Å². The van der Waals surface area contributed by atoms with Crippen LogP contribution in [0.5, 0.6) is 0 Å². The van der Waals surface area contributed by atoms with Gasteiger partial charge in [0, 0.05) is 28.9 Å². The fourth-order valence-corrected chi connectivity index (χ4v) is 5.52. The van der Waals surface area contributed by atoms with Crippen LogP contribution >= 0.6 is 23.2 Å². The molecule has 1 aromatic heterocycles. The normalized spacial score (nSPS) is 18.4. The number of rotatable bonds is 9. The Morgan fingerprint density at radius 2 is 1.89 bits per heavy atom. The number of carbonyl (C=O) groups is 3. The van der Waals surface area contributed by atoms with Gasteiger partial charge in [-0.1, -0.05) is 55.6 Å². The summed E-state index contributed by atoms with van der Waals surface area (Å²) in [5.74, 6) is -2.63. The van der Waals surface area contributed by atoms with Gasteiger partial charge in [0.05, 0.1) is 10.5 Å². The van der Waals surface area contributed by atoms with Crippen molar-refractivity contribution in [1.29, 1.82) is 0 Å². The Bertz CT molecular complexity index is 1370. The molecule has 0 saturated carbocycles. The number of hydrogen-bond acceptors (Lipinski definition) is 3. The Kier molecular flexibility index (Phi) is 8.33. The monoisotopic (exact) mass is 561 g/mol. The second-order valence-electron chi connectivity index (χ2n) is 10.0. The van der Waals surface area contributed by atoms with Crippen molar-refractivity contribution in [3.8, 4) is 0 Å². The lowest BCUT2D eigenvalue weighted by Crippen LogP contribution is -2.62. The SMILES string of the molecule is CCC(C)[C@H](NC(=O)CCc1ccc(F)cc1)C(=O)N[C@]1(C(=O)O)CCc2[nH]c3c(Cl)cc(Cl)cc3c2C1. The summed E-state index contributed by atoms with van der Waals surface area (Å²) in [6, 6.07) is 8.33. The van der Waals surface area contributed by atoms with E-state index in [9.17, 15) is 23.9 Å². The molecule has 0 aliphatic heterocycles. The summed E-state index contributed by atoms with van der Waals surface area (Å²) in [4.78, 5) is 42.1. The predicted molar refractivity (Wildman–Crippen MR) is 145 cm³/mol. The van der Waals surface area contributed by atoms with Gasteiger partial charge < -0.3 is 20.7 Å². The van der Waals surface area contributed by atoms with Crippen molar-refractivity contribution in [2.24, 2.45) is 5.92 Å². The van der Waals surface area contributed by atoms with Gasteiger partial charge in [-0.05, 0) is 60.6 Å². The van der Waals surface area contributed by atoms with Crippen molar-refractivity contribution in [2.75, 3.05) is 0 Å². The maximum atomic E-state index is 13.5. The molecule has 4 N–H and O–H groups in total. The van der Waals surface area contributed by atoms with E-state index < -0.39 is 23.5 Å². The van der Waals surface area contributed by atoms with Crippen LogP contribution in [0.25, 0.3) is 10.9 Å². The lowest BCUT2D eigenvalue weighted by molar-refractivity contribution is -0.149. The molecule has 7 nitrogen and oxygen atoms in total. The Labute approximate surface area is 230 Å². The Morgan fingerprint density at radius 3 is 2.55 bits per heavy atom. The van der Waals surface area contributed by atoms with E-state index in [4.69, 9.17) is 23.2 Å². The molecule has 202 valence electrons. The summed E-state index contributed by atoms with van der Waals surface area (Å²) in [6.07, 6.45) is 1.70. The van der Waals surface area contributed by atoms with Gasteiger partial charge in [0.15, 0.2) is 0 Å². The molecule has 1 aliphatic rings. The Balaban J connectivity index is 1.52. The van der Waals surface area contributed by atoms with E-state index in [-0.39, 0.29) is 36.9 Å². The van der Waals surface area contributed by atoms with E-state index in [0.29, 0.717) is 34.8 Å². The number of aromatic amines is 1. The van der Waals surface area contributed by atoms with E-state index in [1.165, 1.54) is 12.1 Å². The van der Waals surface area contributed by atoms with Crippen molar-refractivity contribution in [3.05, 3.63) is 69.1 Å². The Hall–Kier alpha value is -3.10. The van der Waals surface area contributed by atoms with Crippen LogP contribution in [-0.4, -0.2) is 39.5 Å². The predicted octanol–water partition coefficient (Wildman–Crippen LogP) is 5.21. The molecule has 1 heterocycles. The van der Waals surface area contributed by atoms with Crippen LogP contribution < -0.4 is 10.6 Å². The standard InChI is InChI=1S/C28H30Cl2FN3O4/c1-3-15(2)24(33-23(35)9-6-16-4-7-18(31)8-5-16)26(36)34-28(27(37)38)11-10-22-20(14-28)19-12-17(29)13-21(30)25(19)32-22/h4-5,7-8,12-13,15,24,32H,3,6,9-11,14H2,1-2H3,(H,33,35)(H,34,36)(H,37,38)/t15?,24-,28+/m0/s1. The molecule has 10 heteroatoms. The van der Waals surface area contributed by atoms with Gasteiger partial charge in [0.25, 0.3) is 0 Å². The summed E-state index contributed by atoms with van der Waals surface area (Å²) in [5, 5.41) is 17.5. The molecule has 2 amide bonds. The number of H-pyrrole nitrogens is 1. The average molecular weight is 562 g/mol. The highest BCUT2D eigenvalue weighted by Crippen LogP contribution is 2.38. The number of amides is 2. The number of aromatic nitrogens is 1. The van der Waals surface area contributed by atoms with Crippen molar-refractivity contribution in [3.63, 3.8) is 0 Å². The molecule has 0 fully saturated rings. The first-order valence-electron chi connectivity index (χ1n) is 12.6. The zero-order valence-electron chi connectivity index (χ0n) is 21.2. The van der Waals surface area contributed by atoms with Crippen LogP contribution in [0, 0.1) is 11.7 Å². The van der Waals surface area contributed by atoms with E-state index in [2.05, 4.69) is 15.6 Å². The number of aryl methyl sites for hydroxylation is 2. The quantitative estimate of drug-likeness (QED) is 0.287. The van der Waals surface area contributed by atoms with Gasteiger partial charge >= 0.3 is 5.97 Å². The van der Waals surface area contributed by atoms with Crippen molar-refractivity contribution in [2.45, 2.75) is 64.0 Å². The summed E-state index contributed by atoms with van der Waals surface area (Å²) in [7, 11) is 0. The molecule has 3 aromatic rings. The smallest absolute Gasteiger partial charge is 0.329 e. The first-order chi connectivity index (χ1) is 18.0. The van der Waals surface area contributed by atoms with Gasteiger partial charge in [0.2, 0.25) is 11.8 Å². The second kappa shape index (κ2) is 11.3. The van der Waals surface area contributed by atoms with Crippen LogP contribution in [0.1, 0.15) is 49.9 Å². The molecular formula is C28H30Cl2FN3O4. The first-order valence-corrected chi connectivity index (χ1v) is 13.4. The number of aliphatic carboxylic acids is 1. The molecule has 4 rings (SSSR count). The molecule has 38 heavy (non-hydrogen) atoms. The van der Waals surface area contributed by atoms with Crippen molar-refractivity contribution in [1.82, 2.24) is 15.6 Å². The molecule has 0 bridgehead atoms. The van der Waals surface area contributed by atoms with Crippen LogP contribution in [0.4, 0.5) is 4.39 Å². The van der Waals surface area contributed by atoms with Gasteiger partial charge in [-0.2, -0.15) is 0 Å². The lowest BCUT2D eigenvalue weighted by Gasteiger charge is -2.36. The van der Waals surface area contributed by atoms with Crippen molar-refractivity contribution >= 4 is 51.9 Å². The second-order valence-corrected chi connectivity index (χ2v) is 10.8. The highest BCUT2D eigenvalue weighted by atomic mass is 35.5. The molecular weight excluding hydrogens is 532 g/mol. The summed E-state index contributed by atoms with van der Waals surface area (Å²) in [5.41, 5.74) is 1.54. The molecule has 3 atom stereocenters. The molecule has 2 aromatic carbocycles. The van der Waals surface area contributed by atoms with Gasteiger partial charge in [0.1, 0.15) is 17.4 Å². The molecule has 0 spiro atoms. The third-order valence-electron chi connectivity index (χ3n) is 7.44. The minimum atomic E-state index is -1.56. The lowest BCUT2D eigenvalue weighted by atomic mass is 9.79.